The van der Waals surface area contributed by atoms with Gasteiger partial charge in [0.2, 0.25) is 5.91 Å². The Morgan fingerprint density at radius 1 is 1.27 bits per heavy atom. The van der Waals surface area contributed by atoms with Gasteiger partial charge in [0.15, 0.2) is 0 Å². The predicted molar refractivity (Wildman–Crippen MR) is 96.3 cm³/mol. The second-order valence-corrected chi connectivity index (χ2v) is 6.74. The van der Waals surface area contributed by atoms with Gasteiger partial charge in [0.1, 0.15) is 11.6 Å². The van der Waals surface area contributed by atoms with Crippen LogP contribution in [0.5, 0.6) is 5.75 Å². The Bertz CT molecular complexity index is 981. The van der Waals surface area contributed by atoms with E-state index in [4.69, 9.17) is 4.74 Å². The molecule has 26 heavy (non-hydrogen) atoms. The van der Waals surface area contributed by atoms with E-state index in [2.05, 4.69) is 27.5 Å². The molecule has 0 spiro atoms. The van der Waals surface area contributed by atoms with Gasteiger partial charge in [-0.05, 0) is 28.8 Å². The summed E-state index contributed by atoms with van der Waals surface area (Å²) >= 11 is 0. The number of pyridine rings is 1. The first kappa shape index (κ1) is 15.1. The lowest BCUT2D eigenvalue weighted by Gasteiger charge is -2.24. The molecule has 6 nitrogen and oxygen atoms in total. The number of rotatable bonds is 3. The fourth-order valence-electron chi connectivity index (χ4n) is 3.78. The van der Waals surface area contributed by atoms with Crippen molar-refractivity contribution in [1.82, 2.24) is 14.8 Å². The summed E-state index contributed by atoms with van der Waals surface area (Å²) in [7, 11) is 0. The zero-order valence-corrected chi connectivity index (χ0v) is 14.2. The number of carbonyl (C=O) groups excluding carboxylic acids is 1. The molecular formula is C20H18N4O2. The van der Waals surface area contributed by atoms with Gasteiger partial charge >= 0.3 is 0 Å². The first-order chi connectivity index (χ1) is 12.8. The minimum atomic E-state index is 0.0205. The van der Waals surface area contributed by atoms with E-state index in [9.17, 15) is 4.79 Å². The van der Waals surface area contributed by atoms with Gasteiger partial charge in [-0.15, -0.1) is 0 Å². The largest absolute Gasteiger partial charge is 0.493 e. The van der Waals surface area contributed by atoms with Gasteiger partial charge in [0.25, 0.3) is 0 Å². The number of nitrogens with zero attached hydrogens (tertiary/aromatic N) is 3. The highest BCUT2D eigenvalue weighted by molar-refractivity contribution is 5.94. The van der Waals surface area contributed by atoms with E-state index in [1.807, 2.05) is 35.3 Å². The molecule has 6 heteroatoms. The molecule has 1 amide bonds. The lowest BCUT2D eigenvalue weighted by Crippen LogP contribution is -2.25. The molecule has 5 rings (SSSR count). The van der Waals surface area contributed by atoms with E-state index >= 15 is 0 Å². The van der Waals surface area contributed by atoms with Crippen LogP contribution in [0.1, 0.15) is 34.6 Å². The summed E-state index contributed by atoms with van der Waals surface area (Å²) in [5.74, 6) is 1.79. The van der Waals surface area contributed by atoms with E-state index in [-0.39, 0.29) is 11.8 Å². The molecule has 0 fully saturated rings. The quantitative estimate of drug-likeness (QED) is 0.792. The molecule has 4 heterocycles. The molecular weight excluding hydrogens is 328 g/mol. The van der Waals surface area contributed by atoms with Crippen molar-refractivity contribution in [3.8, 4) is 5.75 Å². The molecule has 1 atom stereocenters. The van der Waals surface area contributed by atoms with Crippen LogP contribution in [0.3, 0.4) is 0 Å². The smallest absolute Gasteiger partial charge is 0.226 e. The van der Waals surface area contributed by atoms with Gasteiger partial charge in [-0.1, -0.05) is 18.2 Å². The third kappa shape index (κ3) is 2.54. The van der Waals surface area contributed by atoms with Gasteiger partial charge < -0.3 is 10.1 Å². The Labute approximate surface area is 150 Å². The summed E-state index contributed by atoms with van der Waals surface area (Å²) in [6.07, 6.45) is 6.80. The van der Waals surface area contributed by atoms with Gasteiger partial charge in [-0.3, -0.25) is 9.78 Å². The minimum Gasteiger partial charge on any atom is -0.493 e. The Hall–Kier alpha value is -3.15. The van der Waals surface area contributed by atoms with Crippen LogP contribution in [0.4, 0.5) is 5.82 Å². The number of hydrogen-bond acceptors (Lipinski definition) is 4. The summed E-state index contributed by atoms with van der Waals surface area (Å²) in [5.41, 5.74) is 4.47. The third-order valence-electron chi connectivity index (χ3n) is 5.06. The van der Waals surface area contributed by atoms with Gasteiger partial charge in [-0.2, -0.15) is 5.10 Å². The second kappa shape index (κ2) is 5.98. The third-order valence-corrected chi connectivity index (χ3v) is 5.06. The molecule has 2 aliphatic rings. The molecule has 0 saturated carbocycles. The molecule has 0 bridgehead atoms. The molecule has 130 valence electrons. The van der Waals surface area contributed by atoms with Crippen molar-refractivity contribution in [2.24, 2.45) is 0 Å². The number of fused-ring (bicyclic) bond motifs is 2. The standard InChI is InChI=1S/C20H18N4O2/c25-19-9-16(14-3-4-18-15(8-14)5-7-26-18)17-11-22-24(20(17)23-19)12-13-2-1-6-21-10-13/h1-4,6,8,10-11,16H,5,7,9,12H2,(H,23,25). The number of aromatic nitrogens is 3. The van der Waals surface area contributed by atoms with Crippen LogP contribution in [0, 0.1) is 0 Å². The average molecular weight is 346 g/mol. The first-order valence-corrected chi connectivity index (χ1v) is 8.78. The molecule has 3 aromatic rings. The van der Waals surface area contributed by atoms with Crippen molar-refractivity contribution in [3.05, 3.63) is 71.2 Å². The molecule has 1 N–H and O–H groups in total. The highest BCUT2D eigenvalue weighted by Gasteiger charge is 2.30. The number of ether oxygens (including phenoxy) is 1. The molecule has 1 aromatic carbocycles. The molecule has 2 aromatic heterocycles. The van der Waals surface area contributed by atoms with Crippen molar-refractivity contribution in [3.63, 3.8) is 0 Å². The lowest BCUT2D eigenvalue weighted by atomic mass is 9.86. The Morgan fingerprint density at radius 3 is 3.12 bits per heavy atom. The highest BCUT2D eigenvalue weighted by atomic mass is 16.5. The number of nitrogens with one attached hydrogen (secondary N) is 1. The summed E-state index contributed by atoms with van der Waals surface area (Å²) < 4.78 is 7.44. The first-order valence-electron chi connectivity index (χ1n) is 8.78. The van der Waals surface area contributed by atoms with Crippen LogP contribution in [-0.4, -0.2) is 27.3 Å². The van der Waals surface area contributed by atoms with Crippen molar-refractivity contribution >= 4 is 11.7 Å². The van der Waals surface area contributed by atoms with Crippen LogP contribution >= 0.6 is 0 Å². The van der Waals surface area contributed by atoms with Crippen LogP contribution in [0.2, 0.25) is 0 Å². The molecule has 0 aliphatic carbocycles. The summed E-state index contributed by atoms with van der Waals surface area (Å²) in [6.45, 7) is 1.31. The van der Waals surface area contributed by atoms with Gasteiger partial charge in [-0.25, -0.2) is 4.68 Å². The minimum absolute atomic E-state index is 0.0205. The van der Waals surface area contributed by atoms with E-state index in [0.717, 1.165) is 41.3 Å². The van der Waals surface area contributed by atoms with E-state index < -0.39 is 0 Å². The number of carbonyl (C=O) groups is 1. The SMILES string of the molecule is O=C1CC(c2ccc3c(c2)CCO3)c2cnn(Cc3cccnc3)c2N1. The van der Waals surface area contributed by atoms with Gasteiger partial charge in [0.05, 0.1) is 19.3 Å². The maximum atomic E-state index is 12.4. The van der Waals surface area contributed by atoms with Crippen LogP contribution < -0.4 is 10.1 Å². The van der Waals surface area contributed by atoms with Crippen molar-refractivity contribution in [1.29, 1.82) is 0 Å². The second-order valence-electron chi connectivity index (χ2n) is 6.74. The zero-order chi connectivity index (χ0) is 17.5. The molecule has 2 aliphatic heterocycles. The highest BCUT2D eigenvalue weighted by Crippen LogP contribution is 2.39. The monoisotopic (exact) mass is 346 g/mol. The Kier molecular flexibility index (Phi) is 3.48. The maximum absolute atomic E-state index is 12.4. The normalized spacial score (nSPS) is 18.0. The zero-order valence-electron chi connectivity index (χ0n) is 14.2. The van der Waals surface area contributed by atoms with Crippen molar-refractivity contribution in [2.75, 3.05) is 11.9 Å². The number of anilines is 1. The van der Waals surface area contributed by atoms with E-state index in [1.165, 1.54) is 5.56 Å². The maximum Gasteiger partial charge on any atom is 0.226 e. The van der Waals surface area contributed by atoms with Gasteiger partial charge in [0, 0.05) is 36.7 Å². The summed E-state index contributed by atoms with van der Waals surface area (Å²) in [5, 5.41) is 7.52. The fourth-order valence-corrected chi connectivity index (χ4v) is 3.78. The Balaban J connectivity index is 1.52. The molecule has 1 unspecified atom stereocenters. The lowest BCUT2D eigenvalue weighted by molar-refractivity contribution is -0.116. The van der Waals surface area contributed by atoms with Crippen LogP contribution in [0.15, 0.2) is 48.9 Å². The number of benzene rings is 1. The van der Waals surface area contributed by atoms with Crippen molar-refractivity contribution in [2.45, 2.75) is 25.3 Å². The molecule has 0 saturated heterocycles. The van der Waals surface area contributed by atoms with Crippen LogP contribution in [0.25, 0.3) is 0 Å². The summed E-state index contributed by atoms with van der Waals surface area (Å²) in [6, 6.07) is 10.2. The topological polar surface area (TPSA) is 69.0 Å². The van der Waals surface area contributed by atoms with Crippen LogP contribution in [-0.2, 0) is 17.8 Å². The summed E-state index contributed by atoms with van der Waals surface area (Å²) in [4.78, 5) is 16.5. The van der Waals surface area contributed by atoms with E-state index in [1.54, 1.807) is 6.20 Å². The Morgan fingerprint density at radius 2 is 2.23 bits per heavy atom. The fraction of sp³-hybridized carbons (Fsp3) is 0.250. The molecule has 0 radical (unpaired) electrons. The number of amides is 1. The predicted octanol–water partition coefficient (Wildman–Crippen LogP) is 2.74. The number of hydrogen-bond donors (Lipinski definition) is 1. The van der Waals surface area contributed by atoms with Crippen molar-refractivity contribution < 1.29 is 9.53 Å². The van der Waals surface area contributed by atoms with E-state index in [0.29, 0.717) is 13.0 Å². The average Bonchev–Trinajstić information content (AvgIpc) is 3.28.